The topological polar surface area (TPSA) is 80.3 Å². The molecule has 4 rings (SSSR count). The van der Waals surface area contributed by atoms with Gasteiger partial charge < -0.3 is 9.47 Å². The molecule has 0 bridgehead atoms. The number of halogens is 4. The molecule has 2 heterocycles. The standard InChI is InChI=1S/C25H24ClF3N4O4/c1-15(2)11-12-32-22(34)20-21(31(3)24(32)35)30-23(33(20)14-16-7-9-17(26)10-8-16)36-18-5-4-6-19(13-18)37-25(27,28)29/h4-10,13,15H,11-12,14H2,1-3H3. The zero-order valence-electron chi connectivity index (χ0n) is 20.3. The van der Waals surface area contributed by atoms with Gasteiger partial charge in [0, 0.05) is 24.7 Å². The summed E-state index contributed by atoms with van der Waals surface area (Å²) in [7, 11) is 1.50. The van der Waals surface area contributed by atoms with E-state index in [-0.39, 0.29) is 41.9 Å². The molecule has 2 aromatic heterocycles. The molecular weight excluding hydrogens is 513 g/mol. The number of hydrogen-bond donors (Lipinski definition) is 0. The number of aryl methyl sites for hydroxylation is 1. The molecule has 0 atom stereocenters. The van der Waals surface area contributed by atoms with Gasteiger partial charge in [-0.1, -0.05) is 43.6 Å². The third kappa shape index (κ3) is 5.99. The van der Waals surface area contributed by atoms with Gasteiger partial charge in [-0.3, -0.25) is 18.5 Å². The van der Waals surface area contributed by atoms with Crippen LogP contribution in [-0.4, -0.2) is 25.0 Å². The Kier molecular flexibility index (Phi) is 7.35. The van der Waals surface area contributed by atoms with Gasteiger partial charge in [0.25, 0.3) is 5.56 Å². The van der Waals surface area contributed by atoms with E-state index >= 15 is 0 Å². The van der Waals surface area contributed by atoms with Crippen molar-refractivity contribution in [3.8, 4) is 17.5 Å². The Hall–Kier alpha value is -3.73. The second-order valence-electron chi connectivity index (χ2n) is 8.88. The molecule has 0 radical (unpaired) electrons. The van der Waals surface area contributed by atoms with E-state index in [4.69, 9.17) is 16.3 Å². The van der Waals surface area contributed by atoms with Crippen molar-refractivity contribution >= 4 is 22.8 Å². The molecule has 2 aromatic carbocycles. The lowest BCUT2D eigenvalue weighted by Crippen LogP contribution is -2.40. The number of ether oxygens (including phenoxy) is 2. The summed E-state index contributed by atoms with van der Waals surface area (Å²) in [6.07, 6.45) is -4.26. The van der Waals surface area contributed by atoms with Gasteiger partial charge >= 0.3 is 18.1 Å². The second kappa shape index (κ2) is 10.3. The maximum Gasteiger partial charge on any atom is 0.573 e. The van der Waals surface area contributed by atoms with Crippen LogP contribution in [0.5, 0.6) is 17.5 Å². The summed E-state index contributed by atoms with van der Waals surface area (Å²) >= 11 is 6.01. The molecule has 0 unspecified atom stereocenters. The molecule has 0 aliphatic rings. The van der Waals surface area contributed by atoms with E-state index in [0.29, 0.717) is 11.4 Å². The summed E-state index contributed by atoms with van der Waals surface area (Å²) in [5.74, 6) is -0.218. The van der Waals surface area contributed by atoms with Crippen molar-refractivity contribution in [2.75, 3.05) is 0 Å². The monoisotopic (exact) mass is 536 g/mol. The fraction of sp³-hybridized carbons (Fsp3) is 0.320. The van der Waals surface area contributed by atoms with E-state index in [1.54, 1.807) is 24.3 Å². The second-order valence-corrected chi connectivity index (χ2v) is 9.32. The highest BCUT2D eigenvalue weighted by Crippen LogP contribution is 2.30. The third-order valence-electron chi connectivity index (χ3n) is 5.63. The summed E-state index contributed by atoms with van der Waals surface area (Å²) in [6, 6.07) is 11.8. The molecule has 4 aromatic rings. The predicted octanol–water partition coefficient (Wildman–Crippen LogP) is 5.34. The number of benzene rings is 2. The number of nitrogens with zero attached hydrogens (tertiary/aromatic N) is 4. The first-order chi connectivity index (χ1) is 17.4. The summed E-state index contributed by atoms with van der Waals surface area (Å²) in [5, 5.41) is 0.524. The van der Waals surface area contributed by atoms with Gasteiger partial charge in [-0.2, -0.15) is 4.98 Å². The van der Waals surface area contributed by atoms with Gasteiger partial charge in [-0.15, -0.1) is 13.2 Å². The molecule has 0 aliphatic heterocycles. The lowest BCUT2D eigenvalue weighted by Gasteiger charge is -2.13. The van der Waals surface area contributed by atoms with Gasteiger partial charge in [0.2, 0.25) is 0 Å². The molecule has 0 fully saturated rings. The lowest BCUT2D eigenvalue weighted by atomic mass is 10.1. The molecule has 0 amide bonds. The van der Waals surface area contributed by atoms with Gasteiger partial charge in [-0.05, 0) is 42.2 Å². The average Bonchev–Trinajstić information content (AvgIpc) is 3.16. The van der Waals surface area contributed by atoms with Crippen LogP contribution in [0, 0.1) is 5.92 Å². The van der Waals surface area contributed by atoms with E-state index < -0.39 is 23.4 Å². The summed E-state index contributed by atoms with van der Waals surface area (Å²) in [4.78, 5) is 30.9. The molecule has 0 saturated heterocycles. The predicted molar refractivity (Wildman–Crippen MR) is 132 cm³/mol. The minimum Gasteiger partial charge on any atom is -0.425 e. The highest BCUT2D eigenvalue weighted by atomic mass is 35.5. The van der Waals surface area contributed by atoms with Gasteiger partial charge in [0.1, 0.15) is 11.5 Å². The molecule has 0 aliphatic carbocycles. The van der Waals surface area contributed by atoms with Crippen LogP contribution in [0.3, 0.4) is 0 Å². The number of imidazole rings is 1. The van der Waals surface area contributed by atoms with E-state index in [1.807, 2.05) is 13.8 Å². The van der Waals surface area contributed by atoms with Crippen LogP contribution in [0.1, 0.15) is 25.8 Å². The van der Waals surface area contributed by atoms with E-state index in [9.17, 15) is 22.8 Å². The highest BCUT2D eigenvalue weighted by molar-refractivity contribution is 6.30. The first-order valence-corrected chi connectivity index (χ1v) is 11.8. The molecule has 12 heteroatoms. The zero-order chi connectivity index (χ0) is 26.9. The maximum absolute atomic E-state index is 13.5. The van der Waals surface area contributed by atoms with Crippen molar-refractivity contribution in [3.05, 3.63) is 80.0 Å². The molecule has 0 spiro atoms. The van der Waals surface area contributed by atoms with Crippen molar-refractivity contribution in [2.45, 2.75) is 39.7 Å². The summed E-state index contributed by atoms with van der Waals surface area (Å²) < 4.78 is 51.8. The smallest absolute Gasteiger partial charge is 0.425 e. The van der Waals surface area contributed by atoms with Crippen molar-refractivity contribution in [1.29, 1.82) is 0 Å². The Bertz CT molecular complexity index is 1540. The maximum atomic E-state index is 13.5. The molecule has 37 heavy (non-hydrogen) atoms. The molecule has 196 valence electrons. The fourth-order valence-electron chi connectivity index (χ4n) is 3.77. The number of alkyl halides is 3. The van der Waals surface area contributed by atoms with E-state index in [2.05, 4.69) is 9.72 Å². The molecule has 8 nitrogen and oxygen atoms in total. The van der Waals surface area contributed by atoms with Crippen LogP contribution < -0.4 is 20.7 Å². The SMILES string of the molecule is CC(C)CCn1c(=O)c2c(nc(Oc3cccc(OC(F)(F)F)c3)n2Cc2ccc(Cl)cc2)n(C)c1=O. The minimum atomic E-state index is -4.88. The quantitative estimate of drug-likeness (QED) is 0.304. The Morgan fingerprint density at radius 2 is 1.70 bits per heavy atom. The van der Waals surface area contributed by atoms with Crippen LogP contribution in [-0.2, 0) is 20.1 Å². The first-order valence-electron chi connectivity index (χ1n) is 11.4. The zero-order valence-corrected chi connectivity index (χ0v) is 21.0. The highest BCUT2D eigenvalue weighted by Gasteiger charge is 2.31. The molecular formula is C25H24ClF3N4O4. The third-order valence-corrected chi connectivity index (χ3v) is 5.88. The van der Waals surface area contributed by atoms with E-state index in [0.717, 1.165) is 22.3 Å². The number of aromatic nitrogens is 4. The minimum absolute atomic E-state index is 0.000421. The Morgan fingerprint density at radius 3 is 2.35 bits per heavy atom. The van der Waals surface area contributed by atoms with Crippen molar-refractivity contribution in [3.63, 3.8) is 0 Å². The van der Waals surface area contributed by atoms with Crippen LogP contribution in [0.25, 0.3) is 11.2 Å². The van der Waals surface area contributed by atoms with Crippen molar-refractivity contribution < 1.29 is 22.6 Å². The summed E-state index contributed by atoms with van der Waals surface area (Å²) in [6.45, 7) is 4.32. The van der Waals surface area contributed by atoms with Crippen LogP contribution in [0.2, 0.25) is 5.02 Å². The number of hydrogen-bond acceptors (Lipinski definition) is 5. The Morgan fingerprint density at radius 1 is 1.03 bits per heavy atom. The fourth-order valence-corrected chi connectivity index (χ4v) is 3.90. The van der Waals surface area contributed by atoms with Crippen LogP contribution in [0.15, 0.2) is 58.1 Å². The Balaban J connectivity index is 1.87. The number of fused-ring (bicyclic) bond motifs is 1. The van der Waals surface area contributed by atoms with Crippen molar-refractivity contribution in [1.82, 2.24) is 18.7 Å². The van der Waals surface area contributed by atoms with Gasteiger partial charge in [-0.25, -0.2) is 4.79 Å². The van der Waals surface area contributed by atoms with Gasteiger partial charge in [0.15, 0.2) is 11.2 Å². The summed E-state index contributed by atoms with van der Waals surface area (Å²) in [5.41, 5.74) is -0.101. The van der Waals surface area contributed by atoms with Crippen LogP contribution in [0.4, 0.5) is 13.2 Å². The largest absolute Gasteiger partial charge is 0.573 e. The van der Waals surface area contributed by atoms with E-state index in [1.165, 1.54) is 28.3 Å². The number of rotatable bonds is 8. The first kappa shape index (κ1) is 26.3. The normalized spacial score (nSPS) is 11.9. The average molecular weight is 537 g/mol. The molecule has 0 N–H and O–H groups in total. The van der Waals surface area contributed by atoms with Crippen molar-refractivity contribution in [2.24, 2.45) is 13.0 Å². The Labute approximate surface area is 214 Å². The van der Waals surface area contributed by atoms with Gasteiger partial charge in [0.05, 0.1) is 6.54 Å². The molecule has 0 saturated carbocycles. The van der Waals surface area contributed by atoms with Crippen LogP contribution >= 0.6 is 11.6 Å². The lowest BCUT2D eigenvalue weighted by molar-refractivity contribution is -0.274.